The molecule has 0 N–H and O–H groups in total. The van der Waals surface area contributed by atoms with Gasteiger partial charge in [0.1, 0.15) is 12.4 Å². The molecule has 0 aliphatic carbocycles. The molecule has 0 aliphatic rings. The third-order valence-electron chi connectivity index (χ3n) is 4.79. The van der Waals surface area contributed by atoms with Gasteiger partial charge in [0.2, 0.25) is 0 Å². The summed E-state index contributed by atoms with van der Waals surface area (Å²) in [4.78, 5) is 12.5. The van der Waals surface area contributed by atoms with Crippen LogP contribution in [0.4, 0.5) is 0 Å². The van der Waals surface area contributed by atoms with Gasteiger partial charge in [-0.2, -0.15) is 0 Å². The van der Waals surface area contributed by atoms with Crippen molar-refractivity contribution >= 4 is 17.5 Å². The fraction of sp³-hybridized carbons (Fsp3) is 0.160. The monoisotopic (exact) mass is 429 g/mol. The topological polar surface area (TPSA) is 57.0 Å². The third kappa shape index (κ3) is 5.61. The second-order valence-electron chi connectivity index (χ2n) is 7.15. The van der Waals surface area contributed by atoms with E-state index in [1.54, 1.807) is 0 Å². The van der Waals surface area contributed by atoms with Crippen LogP contribution >= 0.6 is 11.8 Å². The molecule has 0 aliphatic heterocycles. The van der Waals surface area contributed by atoms with Gasteiger partial charge >= 0.3 is 0 Å². The average Bonchev–Trinajstić information content (AvgIpc) is 3.19. The SMILES string of the molecule is Cc1ccc(OCc2nnc(SCC(=O)c3ccccc3)n2Cc2ccccc2)cc1. The summed E-state index contributed by atoms with van der Waals surface area (Å²) in [6.07, 6.45) is 0. The highest BCUT2D eigenvalue weighted by Crippen LogP contribution is 2.21. The van der Waals surface area contributed by atoms with Gasteiger partial charge in [-0.15, -0.1) is 10.2 Å². The van der Waals surface area contributed by atoms with Crippen molar-refractivity contribution in [1.29, 1.82) is 0 Å². The van der Waals surface area contributed by atoms with E-state index in [0.29, 0.717) is 29.6 Å². The molecule has 4 rings (SSSR count). The van der Waals surface area contributed by atoms with Crippen LogP contribution in [0.5, 0.6) is 5.75 Å². The van der Waals surface area contributed by atoms with Gasteiger partial charge in [0, 0.05) is 5.56 Å². The Morgan fingerprint density at radius 2 is 1.58 bits per heavy atom. The van der Waals surface area contributed by atoms with E-state index in [1.165, 1.54) is 17.3 Å². The lowest BCUT2D eigenvalue weighted by molar-refractivity contribution is 0.102. The van der Waals surface area contributed by atoms with E-state index in [-0.39, 0.29) is 5.78 Å². The number of carbonyl (C=O) groups excluding carboxylic acids is 1. The first kappa shape index (κ1) is 20.9. The molecule has 0 saturated heterocycles. The predicted octanol–water partition coefficient (Wildman–Crippen LogP) is 5.19. The molecule has 4 aromatic rings. The van der Waals surface area contributed by atoms with Crippen LogP contribution in [-0.4, -0.2) is 26.3 Å². The number of ether oxygens (including phenoxy) is 1. The maximum absolute atomic E-state index is 12.5. The second kappa shape index (κ2) is 10.1. The van der Waals surface area contributed by atoms with Gasteiger partial charge in [-0.05, 0) is 24.6 Å². The lowest BCUT2D eigenvalue weighted by atomic mass is 10.2. The first-order valence-electron chi connectivity index (χ1n) is 10.1. The predicted molar refractivity (Wildman–Crippen MR) is 123 cm³/mol. The summed E-state index contributed by atoms with van der Waals surface area (Å²) in [6, 6.07) is 27.4. The maximum Gasteiger partial charge on any atom is 0.192 e. The van der Waals surface area contributed by atoms with Gasteiger partial charge < -0.3 is 4.74 Å². The molecule has 0 radical (unpaired) electrons. The maximum atomic E-state index is 12.5. The fourth-order valence-corrected chi connectivity index (χ4v) is 3.93. The van der Waals surface area contributed by atoms with Crippen LogP contribution < -0.4 is 4.74 Å². The van der Waals surface area contributed by atoms with Gasteiger partial charge in [0.05, 0.1) is 12.3 Å². The molecule has 0 bridgehead atoms. The van der Waals surface area contributed by atoms with Gasteiger partial charge in [-0.3, -0.25) is 9.36 Å². The van der Waals surface area contributed by atoms with Crippen molar-refractivity contribution in [3.05, 3.63) is 107 Å². The molecule has 0 unspecified atom stereocenters. The summed E-state index contributed by atoms with van der Waals surface area (Å²) in [5.41, 5.74) is 3.02. The van der Waals surface area contributed by atoms with Gasteiger partial charge in [0.15, 0.2) is 16.8 Å². The van der Waals surface area contributed by atoms with E-state index in [1.807, 2.05) is 84.3 Å². The summed E-state index contributed by atoms with van der Waals surface area (Å²) in [6.45, 7) is 2.96. The number of carbonyl (C=O) groups is 1. The number of aromatic nitrogens is 3. The van der Waals surface area contributed by atoms with Gasteiger partial charge in [-0.25, -0.2) is 0 Å². The van der Waals surface area contributed by atoms with Crippen molar-refractivity contribution in [1.82, 2.24) is 14.8 Å². The normalized spacial score (nSPS) is 10.7. The molecule has 0 atom stereocenters. The Balaban J connectivity index is 1.51. The Labute approximate surface area is 186 Å². The second-order valence-corrected chi connectivity index (χ2v) is 8.09. The molecule has 0 saturated carbocycles. The Hall–Kier alpha value is -3.38. The van der Waals surface area contributed by atoms with E-state index in [2.05, 4.69) is 22.3 Å². The van der Waals surface area contributed by atoms with Crippen molar-refractivity contribution in [3.8, 4) is 5.75 Å². The number of hydrogen-bond donors (Lipinski definition) is 0. The number of ketones is 1. The summed E-state index contributed by atoms with van der Waals surface area (Å²) in [7, 11) is 0. The molecule has 0 amide bonds. The summed E-state index contributed by atoms with van der Waals surface area (Å²) >= 11 is 1.40. The molecule has 31 heavy (non-hydrogen) atoms. The first-order chi connectivity index (χ1) is 15.2. The number of aryl methyl sites for hydroxylation is 1. The third-order valence-corrected chi connectivity index (χ3v) is 5.76. The van der Waals surface area contributed by atoms with E-state index < -0.39 is 0 Å². The van der Waals surface area contributed by atoms with Gasteiger partial charge in [0.25, 0.3) is 0 Å². The summed E-state index contributed by atoms with van der Waals surface area (Å²) < 4.78 is 7.95. The minimum absolute atomic E-state index is 0.0670. The number of rotatable bonds is 9. The zero-order chi connectivity index (χ0) is 21.5. The van der Waals surface area contributed by atoms with Crippen LogP contribution in [0.1, 0.15) is 27.3 Å². The first-order valence-corrected chi connectivity index (χ1v) is 11.0. The van der Waals surface area contributed by atoms with E-state index in [0.717, 1.165) is 17.1 Å². The molecular formula is C25H23N3O2S. The highest BCUT2D eigenvalue weighted by atomic mass is 32.2. The van der Waals surface area contributed by atoms with Crippen LogP contribution in [0.3, 0.4) is 0 Å². The zero-order valence-corrected chi connectivity index (χ0v) is 18.1. The quantitative estimate of drug-likeness (QED) is 0.271. The Morgan fingerprint density at radius 3 is 2.29 bits per heavy atom. The smallest absolute Gasteiger partial charge is 0.192 e. The molecule has 156 valence electrons. The van der Waals surface area contributed by atoms with Crippen molar-refractivity contribution in [3.63, 3.8) is 0 Å². The lowest BCUT2D eigenvalue weighted by Gasteiger charge is -2.11. The van der Waals surface area contributed by atoms with Crippen LogP contribution in [0, 0.1) is 6.92 Å². The minimum Gasteiger partial charge on any atom is -0.486 e. The molecule has 5 nitrogen and oxygen atoms in total. The molecule has 0 spiro atoms. The number of benzene rings is 3. The Kier molecular flexibility index (Phi) is 6.79. The van der Waals surface area contributed by atoms with Crippen LogP contribution in [0.25, 0.3) is 0 Å². The standard InChI is InChI=1S/C25H23N3O2S/c1-19-12-14-22(15-13-19)30-17-24-26-27-25(28(24)16-20-8-4-2-5-9-20)31-18-23(29)21-10-6-3-7-11-21/h2-15H,16-18H2,1H3. The number of hydrogen-bond acceptors (Lipinski definition) is 5. The van der Waals surface area contributed by atoms with Crippen molar-refractivity contribution in [2.75, 3.05) is 5.75 Å². The largest absolute Gasteiger partial charge is 0.486 e. The summed E-state index contributed by atoms with van der Waals surface area (Å²) in [5.74, 6) is 1.88. The van der Waals surface area contributed by atoms with Crippen molar-refractivity contribution < 1.29 is 9.53 Å². The number of Topliss-reactive ketones (excluding diaryl/α,β-unsaturated/α-hetero) is 1. The molecule has 3 aromatic carbocycles. The fourth-order valence-electron chi connectivity index (χ4n) is 3.08. The molecule has 1 heterocycles. The average molecular weight is 430 g/mol. The van der Waals surface area contributed by atoms with Crippen molar-refractivity contribution in [2.24, 2.45) is 0 Å². The number of thioether (sulfide) groups is 1. The van der Waals surface area contributed by atoms with Crippen LogP contribution in [0.2, 0.25) is 0 Å². The number of nitrogens with zero attached hydrogens (tertiary/aromatic N) is 3. The van der Waals surface area contributed by atoms with Gasteiger partial charge in [-0.1, -0.05) is 90.1 Å². The van der Waals surface area contributed by atoms with E-state index >= 15 is 0 Å². The van der Waals surface area contributed by atoms with Crippen LogP contribution in [0.15, 0.2) is 90.1 Å². The highest BCUT2D eigenvalue weighted by Gasteiger charge is 2.16. The van der Waals surface area contributed by atoms with E-state index in [4.69, 9.17) is 4.74 Å². The Bertz CT molecular complexity index is 1130. The highest BCUT2D eigenvalue weighted by molar-refractivity contribution is 7.99. The lowest BCUT2D eigenvalue weighted by Crippen LogP contribution is -2.10. The van der Waals surface area contributed by atoms with Crippen molar-refractivity contribution in [2.45, 2.75) is 25.2 Å². The Morgan fingerprint density at radius 1 is 0.903 bits per heavy atom. The summed E-state index contributed by atoms with van der Waals surface area (Å²) in [5, 5.41) is 9.40. The minimum atomic E-state index is 0.0670. The molecular weight excluding hydrogens is 406 g/mol. The van der Waals surface area contributed by atoms with E-state index in [9.17, 15) is 4.79 Å². The zero-order valence-electron chi connectivity index (χ0n) is 17.3. The van der Waals surface area contributed by atoms with Crippen LogP contribution in [-0.2, 0) is 13.2 Å². The molecule has 1 aromatic heterocycles. The molecule has 6 heteroatoms. The molecule has 0 fully saturated rings.